The molecule has 0 aliphatic rings. The molecule has 0 bridgehead atoms. The summed E-state index contributed by atoms with van der Waals surface area (Å²) < 4.78 is 2.24. The number of rotatable bonds is 2. The van der Waals surface area contributed by atoms with Crippen molar-refractivity contribution >= 4 is 44.8 Å². The minimum Gasteiger partial charge on any atom is -0.399 e. The highest BCUT2D eigenvalue weighted by molar-refractivity contribution is 9.10. The predicted molar refractivity (Wildman–Crippen MR) is 86.7 cm³/mol. The average molecular weight is 385 g/mol. The fourth-order valence-electron chi connectivity index (χ4n) is 1.84. The van der Waals surface area contributed by atoms with Gasteiger partial charge < -0.3 is 5.73 Å². The number of nitrogens with two attached hydrogens (primary N) is 1. The van der Waals surface area contributed by atoms with Crippen LogP contribution in [0.2, 0.25) is 10.0 Å². The summed E-state index contributed by atoms with van der Waals surface area (Å²) in [6, 6.07) is 10.8. The van der Waals surface area contributed by atoms with Gasteiger partial charge in [0.2, 0.25) is 0 Å². The number of anilines is 1. The molecule has 0 spiro atoms. The third-order valence-electron chi connectivity index (χ3n) is 2.88. The van der Waals surface area contributed by atoms with E-state index < -0.39 is 0 Å². The largest absolute Gasteiger partial charge is 0.399 e. The lowest BCUT2D eigenvalue weighted by atomic mass is 10.2. The van der Waals surface area contributed by atoms with Crippen LogP contribution in [-0.4, -0.2) is 20.2 Å². The van der Waals surface area contributed by atoms with Crippen LogP contribution in [0.4, 0.5) is 5.69 Å². The van der Waals surface area contributed by atoms with Crippen LogP contribution >= 0.6 is 39.1 Å². The average Bonchev–Trinajstić information content (AvgIpc) is 2.95. The third-order valence-corrected chi connectivity index (χ3v) is 4.64. The Morgan fingerprint density at radius 2 is 1.71 bits per heavy atom. The van der Waals surface area contributed by atoms with Gasteiger partial charge in [-0.15, -0.1) is 5.10 Å². The van der Waals surface area contributed by atoms with Gasteiger partial charge >= 0.3 is 0 Å². The summed E-state index contributed by atoms with van der Waals surface area (Å²) in [4.78, 5) is 0. The van der Waals surface area contributed by atoms with E-state index >= 15 is 0 Å². The zero-order chi connectivity index (χ0) is 15.0. The quantitative estimate of drug-likeness (QED) is 0.535. The minimum absolute atomic E-state index is 0.370. The van der Waals surface area contributed by atoms with Crippen LogP contribution in [0.15, 0.2) is 40.9 Å². The van der Waals surface area contributed by atoms with E-state index in [0.717, 1.165) is 5.56 Å². The number of aromatic nitrogens is 4. The lowest BCUT2D eigenvalue weighted by Crippen LogP contribution is -2.01. The van der Waals surface area contributed by atoms with E-state index in [2.05, 4.69) is 31.5 Å². The molecular weight excluding hydrogens is 377 g/mol. The standard InChI is InChI=1S/C13H8BrCl2N5/c14-9-5-6-10(12(16)11(9)15)21-13(18-19-20-21)7-1-3-8(17)4-2-7/h1-6H,17H2. The van der Waals surface area contributed by atoms with E-state index in [1.54, 1.807) is 24.3 Å². The van der Waals surface area contributed by atoms with Crippen molar-refractivity contribution < 1.29 is 0 Å². The van der Waals surface area contributed by atoms with Gasteiger partial charge in [-0.1, -0.05) is 23.2 Å². The fourth-order valence-corrected chi connectivity index (χ4v) is 2.69. The summed E-state index contributed by atoms with van der Waals surface area (Å²) in [5, 5.41) is 12.5. The van der Waals surface area contributed by atoms with Crippen molar-refractivity contribution in [1.82, 2.24) is 20.2 Å². The second-order valence-electron chi connectivity index (χ2n) is 4.23. The molecule has 1 heterocycles. The first-order valence-corrected chi connectivity index (χ1v) is 7.41. The molecular formula is C13H8BrCl2N5. The molecule has 0 fully saturated rings. The van der Waals surface area contributed by atoms with Crippen molar-refractivity contribution in [2.75, 3.05) is 5.73 Å². The molecule has 0 amide bonds. The highest BCUT2D eigenvalue weighted by Crippen LogP contribution is 2.35. The molecule has 106 valence electrons. The van der Waals surface area contributed by atoms with Gasteiger partial charge in [-0.3, -0.25) is 0 Å². The molecule has 3 rings (SSSR count). The van der Waals surface area contributed by atoms with E-state index in [-0.39, 0.29) is 0 Å². The highest BCUT2D eigenvalue weighted by atomic mass is 79.9. The number of hydrogen-bond donors (Lipinski definition) is 1. The normalized spacial score (nSPS) is 10.8. The predicted octanol–water partition coefficient (Wildman–Crippen LogP) is 3.98. The molecule has 1 aromatic heterocycles. The van der Waals surface area contributed by atoms with Crippen LogP contribution in [0.1, 0.15) is 0 Å². The highest BCUT2D eigenvalue weighted by Gasteiger charge is 2.16. The third kappa shape index (κ3) is 2.62. The van der Waals surface area contributed by atoms with Gasteiger partial charge in [-0.05, 0) is 62.8 Å². The smallest absolute Gasteiger partial charge is 0.187 e. The molecule has 2 N–H and O–H groups in total. The molecule has 0 aliphatic heterocycles. The Kier molecular flexibility index (Phi) is 3.84. The lowest BCUT2D eigenvalue weighted by Gasteiger charge is -2.09. The summed E-state index contributed by atoms with van der Waals surface area (Å²) in [5.41, 5.74) is 7.78. The Morgan fingerprint density at radius 3 is 2.43 bits per heavy atom. The number of nitrogens with zero attached hydrogens (tertiary/aromatic N) is 4. The zero-order valence-electron chi connectivity index (χ0n) is 10.5. The van der Waals surface area contributed by atoms with Crippen LogP contribution in [0.3, 0.4) is 0 Å². The zero-order valence-corrected chi connectivity index (χ0v) is 13.6. The second kappa shape index (κ2) is 5.63. The Labute approximate surface area is 138 Å². The summed E-state index contributed by atoms with van der Waals surface area (Å²) >= 11 is 15.7. The topological polar surface area (TPSA) is 69.6 Å². The van der Waals surface area contributed by atoms with Gasteiger partial charge in [0, 0.05) is 15.7 Å². The molecule has 0 aliphatic carbocycles. The van der Waals surface area contributed by atoms with Gasteiger partial charge in [0.15, 0.2) is 5.82 Å². The maximum Gasteiger partial charge on any atom is 0.187 e. The van der Waals surface area contributed by atoms with Crippen LogP contribution in [0.5, 0.6) is 0 Å². The maximum atomic E-state index is 6.28. The summed E-state index contributed by atoms with van der Waals surface area (Å²) in [7, 11) is 0. The van der Waals surface area contributed by atoms with E-state index in [1.807, 2.05) is 12.1 Å². The van der Waals surface area contributed by atoms with Gasteiger partial charge in [0.25, 0.3) is 0 Å². The first-order valence-electron chi connectivity index (χ1n) is 5.86. The van der Waals surface area contributed by atoms with Gasteiger partial charge in [0.1, 0.15) is 0 Å². The van der Waals surface area contributed by atoms with Crippen molar-refractivity contribution in [3.63, 3.8) is 0 Å². The number of halogens is 3. The van der Waals surface area contributed by atoms with E-state index in [0.29, 0.717) is 31.7 Å². The van der Waals surface area contributed by atoms with Crippen molar-refractivity contribution in [2.24, 2.45) is 0 Å². The summed E-state index contributed by atoms with van der Waals surface area (Å²) in [6.45, 7) is 0. The summed E-state index contributed by atoms with van der Waals surface area (Å²) in [5.74, 6) is 0.551. The lowest BCUT2D eigenvalue weighted by molar-refractivity contribution is 0.791. The Bertz CT molecular complexity index is 801. The Balaban J connectivity index is 2.16. The van der Waals surface area contributed by atoms with Gasteiger partial charge in [-0.25, -0.2) is 0 Å². The number of nitrogen functional groups attached to an aromatic ring is 1. The number of tetrazole rings is 1. The number of benzene rings is 2. The molecule has 0 atom stereocenters. The Hall–Kier alpha value is -1.63. The van der Waals surface area contributed by atoms with E-state index in [4.69, 9.17) is 28.9 Å². The van der Waals surface area contributed by atoms with Crippen LogP contribution < -0.4 is 5.73 Å². The number of hydrogen-bond acceptors (Lipinski definition) is 4. The van der Waals surface area contributed by atoms with Gasteiger partial charge in [-0.2, -0.15) is 4.68 Å². The first-order chi connectivity index (χ1) is 10.1. The molecule has 21 heavy (non-hydrogen) atoms. The molecule has 0 radical (unpaired) electrons. The monoisotopic (exact) mass is 383 g/mol. The van der Waals surface area contributed by atoms with E-state index in [1.165, 1.54) is 4.68 Å². The van der Waals surface area contributed by atoms with Crippen LogP contribution in [-0.2, 0) is 0 Å². The molecule has 3 aromatic rings. The van der Waals surface area contributed by atoms with Crippen molar-refractivity contribution in [3.05, 3.63) is 50.9 Å². The fraction of sp³-hybridized carbons (Fsp3) is 0. The summed E-state index contributed by atoms with van der Waals surface area (Å²) in [6.07, 6.45) is 0. The van der Waals surface area contributed by atoms with Crippen molar-refractivity contribution in [2.45, 2.75) is 0 Å². The molecule has 5 nitrogen and oxygen atoms in total. The molecule has 0 saturated heterocycles. The van der Waals surface area contributed by atoms with Crippen molar-refractivity contribution in [1.29, 1.82) is 0 Å². The first kappa shape index (κ1) is 14.3. The minimum atomic E-state index is 0.370. The molecule has 2 aromatic carbocycles. The maximum absolute atomic E-state index is 6.28. The Morgan fingerprint density at radius 1 is 1.00 bits per heavy atom. The van der Waals surface area contributed by atoms with Crippen LogP contribution in [0.25, 0.3) is 17.1 Å². The van der Waals surface area contributed by atoms with Crippen molar-refractivity contribution in [3.8, 4) is 17.1 Å². The molecule has 0 saturated carbocycles. The van der Waals surface area contributed by atoms with Crippen LogP contribution in [0, 0.1) is 0 Å². The van der Waals surface area contributed by atoms with E-state index in [9.17, 15) is 0 Å². The molecule has 0 unspecified atom stereocenters. The second-order valence-corrected chi connectivity index (χ2v) is 5.84. The SMILES string of the molecule is Nc1ccc(-c2nnnn2-c2ccc(Br)c(Cl)c2Cl)cc1. The molecule has 8 heteroatoms. The van der Waals surface area contributed by atoms with Gasteiger partial charge in [0.05, 0.1) is 15.7 Å².